The van der Waals surface area contributed by atoms with Crippen molar-refractivity contribution in [1.29, 1.82) is 0 Å². The third kappa shape index (κ3) is 5.12. The summed E-state index contributed by atoms with van der Waals surface area (Å²) >= 11 is 0. The van der Waals surface area contributed by atoms with Crippen molar-refractivity contribution in [3.8, 4) is 0 Å². The number of benzene rings is 2. The smallest absolute Gasteiger partial charge is 0.274 e. The molecule has 35 heavy (non-hydrogen) atoms. The quantitative estimate of drug-likeness (QED) is 0.399. The predicted octanol–water partition coefficient (Wildman–Crippen LogP) is 7.56. The number of carbonyl (C=O) groups is 2. The second-order valence-corrected chi connectivity index (χ2v) is 10.1. The molecule has 0 saturated carbocycles. The molecule has 1 heterocycles. The van der Waals surface area contributed by atoms with E-state index in [-0.39, 0.29) is 35.1 Å². The van der Waals surface area contributed by atoms with E-state index >= 15 is 0 Å². The fourth-order valence-corrected chi connectivity index (χ4v) is 5.29. The van der Waals surface area contributed by atoms with Gasteiger partial charge in [-0.05, 0) is 66.9 Å². The average molecular weight is 482 g/mol. The van der Waals surface area contributed by atoms with E-state index in [9.17, 15) is 22.8 Å². The SMILES string of the molecule is CC1=C(C=Cc2cccc(C(CCN3C(=O)c4ccccc4C3=O)C(F)(F)F)c2)C(C)(C)CCC1. The lowest BCUT2D eigenvalue weighted by molar-refractivity contribution is -0.152. The van der Waals surface area contributed by atoms with Gasteiger partial charge in [0.05, 0.1) is 17.0 Å². The van der Waals surface area contributed by atoms with Gasteiger partial charge in [-0.25, -0.2) is 0 Å². The van der Waals surface area contributed by atoms with Gasteiger partial charge in [0.15, 0.2) is 0 Å². The highest BCUT2D eigenvalue weighted by molar-refractivity contribution is 6.21. The first-order valence-electron chi connectivity index (χ1n) is 12.0. The Hall–Kier alpha value is -3.15. The lowest BCUT2D eigenvalue weighted by Gasteiger charge is -2.33. The summed E-state index contributed by atoms with van der Waals surface area (Å²) in [4.78, 5) is 26.1. The molecule has 0 fully saturated rings. The number of imide groups is 1. The number of rotatable bonds is 6. The highest BCUT2D eigenvalue weighted by atomic mass is 19.4. The lowest BCUT2D eigenvalue weighted by atomic mass is 9.72. The lowest BCUT2D eigenvalue weighted by Crippen LogP contribution is -2.33. The van der Waals surface area contributed by atoms with Crippen LogP contribution in [0.5, 0.6) is 0 Å². The summed E-state index contributed by atoms with van der Waals surface area (Å²) in [6.07, 6.45) is 2.29. The number of hydrogen-bond acceptors (Lipinski definition) is 2. The standard InChI is InChI=1S/C29H30F3NO2/c1-19-8-7-16-28(2,3)24(19)14-13-20-9-6-10-21(18-20)25(29(30,31)32)15-17-33-26(34)22-11-4-5-12-23(22)27(33)35/h4-6,9-14,18,25H,7-8,15-17H2,1-3H3. The number of amides is 2. The number of fused-ring (bicyclic) bond motifs is 1. The van der Waals surface area contributed by atoms with Crippen LogP contribution in [0.1, 0.15) is 84.2 Å². The van der Waals surface area contributed by atoms with Gasteiger partial charge in [0.25, 0.3) is 11.8 Å². The van der Waals surface area contributed by atoms with E-state index in [0.29, 0.717) is 5.56 Å². The van der Waals surface area contributed by atoms with Crippen molar-refractivity contribution < 1.29 is 22.8 Å². The van der Waals surface area contributed by atoms with Gasteiger partial charge < -0.3 is 0 Å². The van der Waals surface area contributed by atoms with Crippen molar-refractivity contribution in [2.45, 2.75) is 58.5 Å². The molecule has 2 aromatic carbocycles. The molecular formula is C29H30F3NO2. The molecule has 0 aromatic heterocycles. The second kappa shape index (κ2) is 9.48. The summed E-state index contributed by atoms with van der Waals surface area (Å²) in [6.45, 7) is 6.22. The normalized spacial score (nSPS) is 19.0. The maximum absolute atomic E-state index is 14.1. The zero-order chi connectivity index (χ0) is 25.4. The van der Waals surface area contributed by atoms with Crippen molar-refractivity contribution in [3.05, 3.63) is 88.0 Å². The fraction of sp³-hybridized carbons (Fsp3) is 0.379. The minimum absolute atomic E-state index is 0.0390. The Morgan fingerprint density at radius 3 is 2.26 bits per heavy atom. The van der Waals surface area contributed by atoms with Crippen LogP contribution in [-0.4, -0.2) is 29.4 Å². The van der Waals surface area contributed by atoms with Crippen LogP contribution in [0.4, 0.5) is 13.2 Å². The van der Waals surface area contributed by atoms with E-state index in [2.05, 4.69) is 20.8 Å². The van der Waals surface area contributed by atoms with E-state index in [1.54, 1.807) is 30.3 Å². The molecule has 0 radical (unpaired) electrons. The highest BCUT2D eigenvalue weighted by Crippen LogP contribution is 2.41. The highest BCUT2D eigenvalue weighted by Gasteiger charge is 2.42. The van der Waals surface area contributed by atoms with Crippen LogP contribution >= 0.6 is 0 Å². The molecule has 4 rings (SSSR count). The number of carbonyl (C=O) groups excluding carboxylic acids is 2. The third-order valence-corrected chi connectivity index (χ3v) is 7.21. The molecule has 1 atom stereocenters. The van der Waals surface area contributed by atoms with Crippen LogP contribution in [0.3, 0.4) is 0 Å². The first-order valence-corrected chi connectivity index (χ1v) is 12.0. The summed E-state index contributed by atoms with van der Waals surface area (Å²) in [5, 5.41) is 0. The van der Waals surface area contributed by atoms with Crippen molar-refractivity contribution in [2.75, 3.05) is 6.54 Å². The fourth-order valence-electron chi connectivity index (χ4n) is 5.29. The first kappa shape index (κ1) is 25.0. The topological polar surface area (TPSA) is 37.4 Å². The predicted molar refractivity (Wildman–Crippen MR) is 131 cm³/mol. The summed E-state index contributed by atoms with van der Waals surface area (Å²) in [5.74, 6) is -2.86. The van der Waals surface area contributed by atoms with Crippen LogP contribution in [0.25, 0.3) is 6.08 Å². The summed E-state index contributed by atoms with van der Waals surface area (Å²) < 4.78 is 42.3. The second-order valence-electron chi connectivity index (χ2n) is 10.1. The van der Waals surface area contributed by atoms with E-state index in [4.69, 9.17) is 0 Å². The van der Waals surface area contributed by atoms with Crippen LogP contribution in [0.2, 0.25) is 0 Å². The van der Waals surface area contributed by atoms with E-state index in [1.807, 2.05) is 12.2 Å². The van der Waals surface area contributed by atoms with Gasteiger partial charge in [-0.3, -0.25) is 14.5 Å². The number of halogens is 3. The molecule has 2 amide bonds. The largest absolute Gasteiger partial charge is 0.395 e. The van der Waals surface area contributed by atoms with Crippen molar-refractivity contribution in [2.24, 2.45) is 5.41 Å². The van der Waals surface area contributed by atoms with Gasteiger partial charge >= 0.3 is 6.18 Å². The van der Waals surface area contributed by atoms with E-state index < -0.39 is 23.9 Å². The molecule has 184 valence electrons. The molecule has 2 aliphatic rings. The van der Waals surface area contributed by atoms with Crippen molar-refractivity contribution >= 4 is 17.9 Å². The molecular weight excluding hydrogens is 451 g/mol. The summed E-state index contributed by atoms with van der Waals surface area (Å²) in [7, 11) is 0. The van der Waals surface area contributed by atoms with Crippen LogP contribution in [0, 0.1) is 5.41 Å². The Morgan fingerprint density at radius 1 is 1.00 bits per heavy atom. The van der Waals surface area contributed by atoms with Crippen molar-refractivity contribution in [1.82, 2.24) is 4.90 Å². The van der Waals surface area contributed by atoms with Crippen molar-refractivity contribution in [3.63, 3.8) is 0 Å². The summed E-state index contributed by atoms with van der Waals surface area (Å²) in [5.41, 5.74) is 3.91. The molecule has 0 saturated heterocycles. The van der Waals surface area contributed by atoms with E-state index in [0.717, 1.165) is 24.2 Å². The zero-order valence-electron chi connectivity index (χ0n) is 20.3. The Morgan fingerprint density at radius 2 is 1.66 bits per heavy atom. The number of allylic oxidation sites excluding steroid dienone is 3. The Balaban J connectivity index is 1.55. The van der Waals surface area contributed by atoms with E-state index in [1.165, 1.54) is 29.3 Å². The minimum atomic E-state index is -4.51. The number of alkyl halides is 3. The molecule has 1 aliphatic carbocycles. The minimum Gasteiger partial charge on any atom is -0.274 e. The van der Waals surface area contributed by atoms with Gasteiger partial charge in [0, 0.05) is 6.54 Å². The average Bonchev–Trinajstić information content (AvgIpc) is 3.03. The maximum atomic E-state index is 14.1. The van der Waals surface area contributed by atoms with Gasteiger partial charge in [0.1, 0.15) is 0 Å². The van der Waals surface area contributed by atoms with Gasteiger partial charge in [-0.15, -0.1) is 0 Å². The van der Waals surface area contributed by atoms with Crippen LogP contribution < -0.4 is 0 Å². The molecule has 2 aromatic rings. The zero-order valence-corrected chi connectivity index (χ0v) is 20.3. The number of hydrogen-bond donors (Lipinski definition) is 0. The third-order valence-electron chi connectivity index (χ3n) is 7.21. The Labute approximate surface area is 204 Å². The Bertz CT molecular complexity index is 1170. The first-order chi connectivity index (χ1) is 16.5. The molecule has 0 spiro atoms. The Kier molecular flexibility index (Phi) is 6.76. The van der Waals surface area contributed by atoms with Crippen LogP contribution in [-0.2, 0) is 0 Å². The molecule has 3 nitrogen and oxygen atoms in total. The monoisotopic (exact) mass is 481 g/mol. The molecule has 6 heteroatoms. The van der Waals surface area contributed by atoms with Gasteiger partial charge in [-0.1, -0.05) is 68.0 Å². The van der Waals surface area contributed by atoms with Crippen LogP contribution in [0.15, 0.2) is 65.8 Å². The molecule has 0 N–H and O–H groups in total. The van der Waals surface area contributed by atoms with Gasteiger partial charge in [0.2, 0.25) is 0 Å². The number of nitrogens with zero attached hydrogens (tertiary/aromatic N) is 1. The molecule has 0 bridgehead atoms. The maximum Gasteiger partial charge on any atom is 0.395 e. The molecule has 1 unspecified atom stereocenters. The molecule has 1 aliphatic heterocycles. The summed E-state index contributed by atoms with van der Waals surface area (Å²) in [6, 6.07) is 12.8. The van der Waals surface area contributed by atoms with Gasteiger partial charge in [-0.2, -0.15) is 13.2 Å².